The van der Waals surface area contributed by atoms with E-state index in [0.29, 0.717) is 11.3 Å². The Labute approximate surface area is 115 Å². The van der Waals surface area contributed by atoms with Gasteiger partial charge < -0.3 is 5.73 Å². The molecule has 2 rings (SSSR count). The SMILES string of the molecule is CC1SCCN(CC(C)(N)c2ccccc2)C1C. The van der Waals surface area contributed by atoms with Gasteiger partial charge in [-0.15, -0.1) is 0 Å². The highest BCUT2D eigenvalue weighted by atomic mass is 32.2. The molecule has 0 amide bonds. The maximum Gasteiger partial charge on any atom is 0.0510 e. The Morgan fingerprint density at radius 1 is 1.33 bits per heavy atom. The van der Waals surface area contributed by atoms with E-state index in [4.69, 9.17) is 5.73 Å². The van der Waals surface area contributed by atoms with Gasteiger partial charge in [0.25, 0.3) is 0 Å². The van der Waals surface area contributed by atoms with E-state index in [0.717, 1.165) is 13.1 Å². The molecule has 1 fully saturated rings. The van der Waals surface area contributed by atoms with E-state index in [1.165, 1.54) is 11.3 Å². The first-order valence-corrected chi connectivity index (χ1v) is 7.75. The molecule has 0 bridgehead atoms. The summed E-state index contributed by atoms with van der Waals surface area (Å²) in [6.07, 6.45) is 0. The van der Waals surface area contributed by atoms with Crippen molar-refractivity contribution in [2.45, 2.75) is 37.6 Å². The van der Waals surface area contributed by atoms with Gasteiger partial charge in [-0.25, -0.2) is 0 Å². The Hall–Kier alpha value is -0.510. The minimum atomic E-state index is -0.267. The van der Waals surface area contributed by atoms with Crippen LogP contribution in [0.1, 0.15) is 26.3 Å². The van der Waals surface area contributed by atoms with Gasteiger partial charge in [0.15, 0.2) is 0 Å². The van der Waals surface area contributed by atoms with Gasteiger partial charge in [0.1, 0.15) is 0 Å². The first-order valence-electron chi connectivity index (χ1n) is 6.71. The molecule has 1 aliphatic rings. The number of thioether (sulfide) groups is 1. The fraction of sp³-hybridized carbons (Fsp3) is 0.600. The van der Waals surface area contributed by atoms with E-state index in [2.05, 4.69) is 61.7 Å². The Morgan fingerprint density at radius 3 is 2.67 bits per heavy atom. The molecule has 1 aromatic rings. The highest BCUT2D eigenvalue weighted by Crippen LogP contribution is 2.27. The van der Waals surface area contributed by atoms with Crippen LogP contribution in [0.3, 0.4) is 0 Å². The minimum Gasteiger partial charge on any atom is -0.321 e. The molecule has 1 aliphatic heterocycles. The minimum absolute atomic E-state index is 0.267. The second-order valence-electron chi connectivity index (χ2n) is 5.57. The number of hydrogen-bond donors (Lipinski definition) is 1. The largest absolute Gasteiger partial charge is 0.321 e. The maximum absolute atomic E-state index is 6.53. The molecule has 100 valence electrons. The molecule has 3 atom stereocenters. The summed E-state index contributed by atoms with van der Waals surface area (Å²) in [5.41, 5.74) is 7.49. The third-order valence-corrected chi connectivity index (χ3v) is 5.32. The van der Waals surface area contributed by atoms with Crippen LogP contribution in [0.2, 0.25) is 0 Å². The predicted molar refractivity (Wildman–Crippen MR) is 80.9 cm³/mol. The fourth-order valence-corrected chi connectivity index (χ4v) is 3.71. The number of nitrogens with two attached hydrogens (primary N) is 1. The van der Waals surface area contributed by atoms with Gasteiger partial charge in [0.05, 0.1) is 5.54 Å². The second kappa shape index (κ2) is 5.64. The zero-order valence-corrected chi connectivity index (χ0v) is 12.4. The van der Waals surface area contributed by atoms with Crippen LogP contribution in [0.25, 0.3) is 0 Å². The zero-order valence-electron chi connectivity index (χ0n) is 11.6. The number of hydrogen-bond acceptors (Lipinski definition) is 3. The Bertz CT molecular complexity index is 377. The molecule has 2 N–H and O–H groups in total. The Kier molecular flexibility index (Phi) is 4.36. The number of benzene rings is 1. The van der Waals surface area contributed by atoms with Crippen molar-refractivity contribution >= 4 is 11.8 Å². The molecule has 2 nitrogen and oxygen atoms in total. The zero-order chi connectivity index (χ0) is 13.2. The van der Waals surface area contributed by atoms with Crippen LogP contribution in [0.4, 0.5) is 0 Å². The predicted octanol–water partition coefficient (Wildman–Crippen LogP) is 2.69. The molecule has 0 spiro atoms. The van der Waals surface area contributed by atoms with Crippen molar-refractivity contribution in [3.63, 3.8) is 0 Å². The quantitative estimate of drug-likeness (QED) is 0.910. The fourth-order valence-electron chi connectivity index (χ4n) is 2.55. The third-order valence-electron chi connectivity index (χ3n) is 3.98. The average molecular weight is 264 g/mol. The summed E-state index contributed by atoms with van der Waals surface area (Å²) >= 11 is 2.07. The van der Waals surface area contributed by atoms with E-state index in [1.807, 2.05) is 6.07 Å². The van der Waals surface area contributed by atoms with Crippen LogP contribution in [0, 0.1) is 0 Å². The number of nitrogens with zero attached hydrogens (tertiary/aromatic N) is 1. The van der Waals surface area contributed by atoms with E-state index >= 15 is 0 Å². The van der Waals surface area contributed by atoms with Crippen LogP contribution in [-0.2, 0) is 5.54 Å². The lowest BCUT2D eigenvalue weighted by atomic mass is 9.92. The van der Waals surface area contributed by atoms with Gasteiger partial charge in [-0.2, -0.15) is 11.8 Å². The van der Waals surface area contributed by atoms with Crippen LogP contribution in [0.15, 0.2) is 30.3 Å². The monoisotopic (exact) mass is 264 g/mol. The van der Waals surface area contributed by atoms with Crippen molar-refractivity contribution in [3.8, 4) is 0 Å². The lowest BCUT2D eigenvalue weighted by Gasteiger charge is -2.41. The van der Waals surface area contributed by atoms with Crippen molar-refractivity contribution in [1.29, 1.82) is 0 Å². The molecular weight excluding hydrogens is 240 g/mol. The molecule has 0 saturated carbocycles. The smallest absolute Gasteiger partial charge is 0.0510 e. The van der Waals surface area contributed by atoms with Crippen LogP contribution in [0.5, 0.6) is 0 Å². The molecule has 0 aromatic heterocycles. The van der Waals surface area contributed by atoms with E-state index in [1.54, 1.807) is 0 Å². The molecule has 0 aliphatic carbocycles. The van der Waals surface area contributed by atoms with Gasteiger partial charge in [-0.3, -0.25) is 4.90 Å². The van der Waals surface area contributed by atoms with Crippen molar-refractivity contribution in [2.24, 2.45) is 5.73 Å². The normalized spacial score (nSPS) is 28.9. The molecule has 1 aromatic carbocycles. The van der Waals surface area contributed by atoms with Crippen molar-refractivity contribution in [1.82, 2.24) is 4.90 Å². The van der Waals surface area contributed by atoms with Crippen LogP contribution < -0.4 is 5.73 Å². The summed E-state index contributed by atoms with van der Waals surface area (Å²) in [6, 6.07) is 11.0. The van der Waals surface area contributed by atoms with Gasteiger partial charge in [-0.1, -0.05) is 37.3 Å². The third kappa shape index (κ3) is 3.08. The molecular formula is C15H24N2S. The Morgan fingerprint density at radius 2 is 2.00 bits per heavy atom. The highest BCUT2D eigenvalue weighted by Gasteiger charge is 2.31. The van der Waals surface area contributed by atoms with Crippen LogP contribution in [-0.4, -0.2) is 35.0 Å². The molecule has 0 radical (unpaired) electrons. The summed E-state index contributed by atoms with van der Waals surface area (Å²) in [7, 11) is 0. The molecule has 1 heterocycles. The highest BCUT2D eigenvalue weighted by molar-refractivity contribution is 8.00. The van der Waals surface area contributed by atoms with Crippen molar-refractivity contribution in [3.05, 3.63) is 35.9 Å². The lowest BCUT2D eigenvalue weighted by Crippen LogP contribution is -2.53. The van der Waals surface area contributed by atoms with E-state index < -0.39 is 0 Å². The van der Waals surface area contributed by atoms with Crippen molar-refractivity contribution < 1.29 is 0 Å². The molecule has 1 saturated heterocycles. The average Bonchev–Trinajstić information content (AvgIpc) is 2.36. The Balaban J connectivity index is 2.08. The van der Waals surface area contributed by atoms with Gasteiger partial charge in [0, 0.05) is 30.1 Å². The maximum atomic E-state index is 6.53. The lowest BCUT2D eigenvalue weighted by molar-refractivity contribution is 0.170. The second-order valence-corrected chi connectivity index (χ2v) is 7.06. The first-order chi connectivity index (χ1) is 8.50. The first kappa shape index (κ1) is 13.9. The summed E-state index contributed by atoms with van der Waals surface area (Å²) in [5, 5.41) is 0.699. The van der Waals surface area contributed by atoms with Crippen LogP contribution >= 0.6 is 11.8 Å². The van der Waals surface area contributed by atoms with Gasteiger partial charge >= 0.3 is 0 Å². The van der Waals surface area contributed by atoms with E-state index in [-0.39, 0.29) is 5.54 Å². The summed E-state index contributed by atoms with van der Waals surface area (Å²) < 4.78 is 0. The summed E-state index contributed by atoms with van der Waals surface area (Å²) in [6.45, 7) is 8.86. The summed E-state index contributed by atoms with van der Waals surface area (Å²) in [5.74, 6) is 1.22. The molecule has 18 heavy (non-hydrogen) atoms. The standard InChI is InChI=1S/C15H24N2S/c1-12-13(2)18-10-9-17(12)11-15(3,16)14-7-5-4-6-8-14/h4-8,12-13H,9-11,16H2,1-3H3. The summed E-state index contributed by atoms with van der Waals surface area (Å²) in [4.78, 5) is 2.54. The molecule has 3 unspecified atom stereocenters. The molecule has 3 heteroatoms. The van der Waals surface area contributed by atoms with Gasteiger partial charge in [0.2, 0.25) is 0 Å². The van der Waals surface area contributed by atoms with E-state index in [9.17, 15) is 0 Å². The van der Waals surface area contributed by atoms with Gasteiger partial charge in [-0.05, 0) is 19.4 Å². The number of rotatable bonds is 3. The topological polar surface area (TPSA) is 29.3 Å². The van der Waals surface area contributed by atoms with Crippen molar-refractivity contribution in [2.75, 3.05) is 18.8 Å².